The highest BCUT2D eigenvalue weighted by Crippen LogP contribution is 2.20. The molecule has 1 aromatic rings. The van der Waals surface area contributed by atoms with Crippen LogP contribution in [0.15, 0.2) is 18.2 Å². The molecule has 0 fully saturated rings. The average Bonchev–Trinajstić information content (AvgIpc) is 2.18. The van der Waals surface area contributed by atoms with Gasteiger partial charge in [-0.1, -0.05) is 0 Å². The van der Waals surface area contributed by atoms with Crippen LogP contribution in [0.1, 0.15) is 40.2 Å². The first-order valence-electron chi connectivity index (χ1n) is 6.47. The summed E-state index contributed by atoms with van der Waals surface area (Å²) in [6, 6.07) is 4.21. The summed E-state index contributed by atoms with van der Waals surface area (Å²) in [6.07, 6.45) is -0.443. The number of nitrogens with one attached hydrogen (secondary N) is 1. The normalized spacial score (nSPS) is 12.2. The van der Waals surface area contributed by atoms with Crippen molar-refractivity contribution in [1.82, 2.24) is 0 Å². The van der Waals surface area contributed by atoms with Gasteiger partial charge in [-0.05, 0) is 58.4 Å². The Morgan fingerprint density at radius 3 is 2.40 bits per heavy atom. The first kappa shape index (κ1) is 16.4. The Labute approximate surface area is 119 Å². The summed E-state index contributed by atoms with van der Waals surface area (Å²) < 4.78 is 18.8. The Kier molecular flexibility index (Phi) is 4.76. The zero-order chi connectivity index (χ0) is 15.6. The second kappa shape index (κ2) is 5.79. The molecule has 1 amide bonds. The monoisotopic (exact) mass is 283 g/mol. The number of ether oxygens (including phenoxy) is 1. The second-order valence-electron chi connectivity index (χ2n) is 6.42. The Hall–Kier alpha value is -1.62. The summed E-state index contributed by atoms with van der Waals surface area (Å²) in [5.74, 6) is -0.415. The highest BCUT2D eigenvalue weighted by atomic mass is 19.1. The van der Waals surface area contributed by atoms with Crippen molar-refractivity contribution in [3.8, 4) is 0 Å². The van der Waals surface area contributed by atoms with E-state index in [0.29, 0.717) is 11.3 Å². The van der Waals surface area contributed by atoms with Crippen molar-refractivity contribution < 1.29 is 19.0 Å². The maximum absolute atomic E-state index is 13.7. The van der Waals surface area contributed by atoms with Gasteiger partial charge in [-0.15, -0.1) is 0 Å². The molecule has 20 heavy (non-hydrogen) atoms. The lowest BCUT2D eigenvalue weighted by atomic mass is 9.98. The third-order valence-electron chi connectivity index (χ3n) is 2.31. The van der Waals surface area contributed by atoms with Crippen molar-refractivity contribution in [2.45, 2.75) is 52.2 Å². The highest BCUT2D eigenvalue weighted by molar-refractivity contribution is 5.84. The van der Waals surface area contributed by atoms with Crippen LogP contribution in [0.3, 0.4) is 0 Å². The summed E-state index contributed by atoms with van der Waals surface area (Å²) in [6.45, 7) is 8.48. The van der Waals surface area contributed by atoms with E-state index in [1.165, 1.54) is 18.2 Å². The lowest BCUT2D eigenvalue weighted by Gasteiger charge is -2.20. The van der Waals surface area contributed by atoms with Gasteiger partial charge < -0.3 is 9.84 Å². The Morgan fingerprint density at radius 2 is 1.90 bits per heavy atom. The molecule has 0 spiro atoms. The fourth-order valence-corrected chi connectivity index (χ4v) is 1.68. The third-order valence-corrected chi connectivity index (χ3v) is 2.31. The van der Waals surface area contributed by atoms with E-state index in [0.717, 1.165) is 0 Å². The van der Waals surface area contributed by atoms with E-state index in [9.17, 15) is 14.3 Å². The largest absolute Gasteiger partial charge is 0.444 e. The molecular formula is C15H22FNO3. The van der Waals surface area contributed by atoms with E-state index in [-0.39, 0.29) is 6.42 Å². The number of hydrogen-bond donors (Lipinski definition) is 2. The van der Waals surface area contributed by atoms with Crippen LogP contribution >= 0.6 is 0 Å². The lowest BCUT2D eigenvalue weighted by Crippen LogP contribution is -2.27. The van der Waals surface area contributed by atoms with Crippen LogP contribution in [-0.4, -0.2) is 22.4 Å². The van der Waals surface area contributed by atoms with Gasteiger partial charge in [0.15, 0.2) is 0 Å². The number of aliphatic hydroxyl groups is 1. The van der Waals surface area contributed by atoms with Gasteiger partial charge in [0.05, 0.1) is 5.60 Å². The van der Waals surface area contributed by atoms with Crippen LogP contribution in [-0.2, 0) is 11.2 Å². The van der Waals surface area contributed by atoms with E-state index in [4.69, 9.17) is 4.74 Å². The summed E-state index contributed by atoms with van der Waals surface area (Å²) in [7, 11) is 0. The molecule has 5 heteroatoms. The molecule has 0 bridgehead atoms. The fraction of sp³-hybridized carbons (Fsp3) is 0.533. The van der Waals surface area contributed by atoms with Crippen LogP contribution in [0, 0.1) is 5.82 Å². The molecule has 112 valence electrons. The Morgan fingerprint density at radius 1 is 1.30 bits per heavy atom. The molecule has 1 rings (SSSR count). The number of anilines is 1. The van der Waals surface area contributed by atoms with Crippen LogP contribution < -0.4 is 5.32 Å². The molecule has 0 aliphatic carbocycles. The maximum Gasteiger partial charge on any atom is 0.412 e. The van der Waals surface area contributed by atoms with Crippen molar-refractivity contribution >= 4 is 11.8 Å². The molecule has 2 N–H and O–H groups in total. The molecule has 0 unspecified atom stereocenters. The number of benzene rings is 1. The van der Waals surface area contributed by atoms with Gasteiger partial charge in [0, 0.05) is 12.1 Å². The van der Waals surface area contributed by atoms with Crippen molar-refractivity contribution in [2.24, 2.45) is 0 Å². The third kappa shape index (κ3) is 6.02. The zero-order valence-corrected chi connectivity index (χ0v) is 12.6. The van der Waals surface area contributed by atoms with E-state index >= 15 is 0 Å². The zero-order valence-electron chi connectivity index (χ0n) is 12.6. The molecule has 0 heterocycles. The van der Waals surface area contributed by atoms with Gasteiger partial charge in [0.1, 0.15) is 11.4 Å². The van der Waals surface area contributed by atoms with Crippen LogP contribution in [0.25, 0.3) is 0 Å². The van der Waals surface area contributed by atoms with E-state index < -0.39 is 23.1 Å². The number of amides is 1. The molecule has 0 saturated carbocycles. The molecule has 0 atom stereocenters. The predicted octanol–water partition coefficient (Wildman–Crippen LogP) is 3.49. The lowest BCUT2D eigenvalue weighted by molar-refractivity contribution is 0.0636. The van der Waals surface area contributed by atoms with Gasteiger partial charge in [0.2, 0.25) is 0 Å². The van der Waals surface area contributed by atoms with Crippen LogP contribution in [0.5, 0.6) is 0 Å². The van der Waals surface area contributed by atoms with Crippen LogP contribution in [0.2, 0.25) is 0 Å². The molecule has 0 aliphatic heterocycles. The van der Waals surface area contributed by atoms with Gasteiger partial charge in [0.25, 0.3) is 0 Å². The predicted molar refractivity (Wildman–Crippen MR) is 76.3 cm³/mol. The number of hydrogen-bond acceptors (Lipinski definition) is 3. The smallest absolute Gasteiger partial charge is 0.412 e. The molecule has 0 aliphatic rings. The summed E-state index contributed by atoms with van der Waals surface area (Å²) in [4.78, 5) is 11.6. The first-order valence-corrected chi connectivity index (χ1v) is 6.47. The van der Waals surface area contributed by atoms with Crippen LogP contribution in [0.4, 0.5) is 14.9 Å². The highest BCUT2D eigenvalue weighted by Gasteiger charge is 2.19. The molecule has 4 nitrogen and oxygen atoms in total. The van der Waals surface area contributed by atoms with Gasteiger partial charge >= 0.3 is 6.09 Å². The van der Waals surface area contributed by atoms with Crippen molar-refractivity contribution in [3.05, 3.63) is 29.6 Å². The topological polar surface area (TPSA) is 58.6 Å². The maximum atomic E-state index is 13.7. The second-order valence-corrected chi connectivity index (χ2v) is 6.42. The molecule has 0 aromatic heterocycles. The van der Waals surface area contributed by atoms with E-state index in [1.807, 2.05) is 0 Å². The molecule has 1 aromatic carbocycles. The first-order chi connectivity index (χ1) is 8.96. The van der Waals surface area contributed by atoms with Gasteiger partial charge in [-0.2, -0.15) is 0 Å². The minimum Gasteiger partial charge on any atom is -0.444 e. The van der Waals surface area contributed by atoms with Gasteiger partial charge in [-0.25, -0.2) is 9.18 Å². The Balaban J connectivity index is 2.82. The summed E-state index contributed by atoms with van der Waals surface area (Å²) in [5.41, 5.74) is -0.850. The fourth-order valence-electron chi connectivity index (χ4n) is 1.68. The number of halogens is 1. The van der Waals surface area contributed by atoms with Crippen molar-refractivity contribution in [2.75, 3.05) is 5.32 Å². The SMILES string of the molecule is CC(C)(O)Cc1cc(NC(=O)OC(C)(C)C)ccc1F. The number of carbonyl (C=O) groups is 1. The Bertz CT molecular complexity index is 487. The molecule has 0 radical (unpaired) electrons. The average molecular weight is 283 g/mol. The standard InChI is InChI=1S/C15H22FNO3/c1-14(2,3)20-13(18)17-11-6-7-12(16)10(8-11)9-15(4,5)19/h6-8,19H,9H2,1-5H3,(H,17,18). The minimum absolute atomic E-state index is 0.155. The van der Waals surface area contributed by atoms with E-state index in [2.05, 4.69) is 5.32 Å². The van der Waals surface area contributed by atoms with Gasteiger partial charge in [-0.3, -0.25) is 5.32 Å². The minimum atomic E-state index is -1.02. The van der Waals surface area contributed by atoms with E-state index in [1.54, 1.807) is 34.6 Å². The molecular weight excluding hydrogens is 261 g/mol. The summed E-state index contributed by atoms with van der Waals surface area (Å²) in [5, 5.41) is 12.3. The quantitative estimate of drug-likeness (QED) is 0.892. The van der Waals surface area contributed by atoms with Crippen molar-refractivity contribution in [3.63, 3.8) is 0 Å². The number of carbonyl (C=O) groups excluding carboxylic acids is 1. The van der Waals surface area contributed by atoms with Crippen molar-refractivity contribution in [1.29, 1.82) is 0 Å². The number of rotatable bonds is 3. The summed E-state index contributed by atoms with van der Waals surface area (Å²) >= 11 is 0. The molecule has 0 saturated heterocycles.